The van der Waals surface area contributed by atoms with Gasteiger partial charge in [0.25, 0.3) is 0 Å². The van der Waals surface area contributed by atoms with Crippen LogP contribution >= 0.6 is 0 Å². The molecular weight excluding hydrogens is 264 g/mol. The van der Waals surface area contributed by atoms with Gasteiger partial charge in [0.2, 0.25) is 0 Å². The highest BCUT2D eigenvalue weighted by Gasteiger charge is 2.63. The lowest BCUT2D eigenvalue weighted by Gasteiger charge is -2.51. The molecular formula is C18H32O3. The summed E-state index contributed by atoms with van der Waals surface area (Å²) in [6, 6.07) is 0. The van der Waals surface area contributed by atoms with E-state index in [1.165, 1.54) is 19.3 Å². The van der Waals surface area contributed by atoms with Crippen molar-refractivity contribution >= 4 is 0 Å². The van der Waals surface area contributed by atoms with Crippen LogP contribution in [0.4, 0.5) is 0 Å². The predicted octanol–water partition coefficient (Wildman–Crippen LogP) is 4.01. The van der Waals surface area contributed by atoms with Crippen LogP contribution in [0.1, 0.15) is 60.3 Å². The lowest BCUT2D eigenvalue weighted by Crippen LogP contribution is -2.54. The Bertz CT molecular complexity index is 399. The molecule has 1 unspecified atom stereocenters. The van der Waals surface area contributed by atoms with E-state index in [0.717, 1.165) is 18.3 Å². The van der Waals surface area contributed by atoms with E-state index in [0.29, 0.717) is 17.9 Å². The molecule has 0 aromatic heterocycles. The molecule has 3 aliphatic rings. The summed E-state index contributed by atoms with van der Waals surface area (Å²) in [6.45, 7) is 12.0. The zero-order valence-electron chi connectivity index (χ0n) is 14.6. The Balaban J connectivity index is 1.88. The van der Waals surface area contributed by atoms with Gasteiger partial charge in [-0.25, -0.2) is 0 Å². The van der Waals surface area contributed by atoms with Crippen LogP contribution in [0.3, 0.4) is 0 Å². The monoisotopic (exact) mass is 296 g/mol. The molecule has 2 aliphatic carbocycles. The highest BCUT2D eigenvalue weighted by molar-refractivity contribution is 5.10. The number of rotatable bonds is 2. The SMILES string of the molecule is COC[C@@]1(C)O[C@H]2C[C@@]3(C[C@@H](C)[C@@]2(C)O1)C(C)CC[C@H]3C. The molecule has 0 N–H and O–H groups in total. The van der Waals surface area contributed by atoms with Gasteiger partial charge in [0, 0.05) is 7.11 Å². The van der Waals surface area contributed by atoms with Gasteiger partial charge in [-0.3, -0.25) is 0 Å². The molecule has 1 heterocycles. The van der Waals surface area contributed by atoms with Crippen molar-refractivity contribution in [3.63, 3.8) is 0 Å². The maximum atomic E-state index is 6.42. The van der Waals surface area contributed by atoms with Crippen molar-refractivity contribution in [1.82, 2.24) is 0 Å². The molecule has 0 amide bonds. The second-order valence-electron chi connectivity index (χ2n) is 8.38. The van der Waals surface area contributed by atoms with Crippen molar-refractivity contribution in [2.75, 3.05) is 13.7 Å². The molecule has 3 nitrogen and oxygen atoms in total. The minimum atomic E-state index is -0.584. The Labute approximate surface area is 129 Å². The van der Waals surface area contributed by atoms with Crippen molar-refractivity contribution < 1.29 is 14.2 Å². The molecule has 0 bridgehead atoms. The summed E-state index contributed by atoms with van der Waals surface area (Å²) in [5, 5.41) is 0. The standard InChI is InChI=1S/C18H32O3/c1-12-7-8-13(2)18(12)9-14(3)17(5)15(10-18)20-16(4,21-17)11-19-6/h12-15H,7-11H2,1-6H3/t12-,13?,14-,15+,16+,17-,18-/m1/s1. The third kappa shape index (κ3) is 2.19. The molecule has 0 aromatic rings. The zero-order valence-corrected chi connectivity index (χ0v) is 14.6. The van der Waals surface area contributed by atoms with Gasteiger partial charge in [-0.15, -0.1) is 0 Å². The van der Waals surface area contributed by atoms with Crippen LogP contribution in [0.2, 0.25) is 0 Å². The van der Waals surface area contributed by atoms with Crippen molar-refractivity contribution in [3.8, 4) is 0 Å². The third-order valence-electron chi connectivity index (χ3n) is 7.10. The van der Waals surface area contributed by atoms with E-state index in [1.54, 1.807) is 7.11 Å². The average Bonchev–Trinajstić information content (AvgIpc) is 2.80. The molecule has 0 aromatic carbocycles. The van der Waals surface area contributed by atoms with E-state index in [4.69, 9.17) is 14.2 Å². The highest BCUT2D eigenvalue weighted by Crippen LogP contribution is 2.62. The summed E-state index contributed by atoms with van der Waals surface area (Å²) in [4.78, 5) is 0. The fourth-order valence-electron chi connectivity index (χ4n) is 5.53. The Kier molecular flexibility index (Phi) is 3.71. The first-order valence-corrected chi connectivity index (χ1v) is 8.63. The number of hydrogen-bond acceptors (Lipinski definition) is 3. The van der Waals surface area contributed by atoms with Gasteiger partial charge in [-0.2, -0.15) is 0 Å². The van der Waals surface area contributed by atoms with E-state index in [1.807, 2.05) is 6.92 Å². The van der Waals surface area contributed by atoms with Crippen LogP contribution in [0.5, 0.6) is 0 Å². The number of ether oxygens (including phenoxy) is 3. The molecule has 122 valence electrons. The van der Waals surface area contributed by atoms with Crippen LogP contribution in [0, 0.1) is 23.2 Å². The molecule has 1 aliphatic heterocycles. The molecule has 3 rings (SSSR count). The molecule has 1 saturated heterocycles. The molecule has 3 fully saturated rings. The third-order valence-corrected chi connectivity index (χ3v) is 7.10. The predicted molar refractivity (Wildman–Crippen MR) is 83.0 cm³/mol. The fraction of sp³-hybridized carbons (Fsp3) is 1.00. The molecule has 0 radical (unpaired) electrons. The lowest BCUT2D eigenvalue weighted by molar-refractivity contribution is -0.206. The Morgan fingerprint density at radius 2 is 1.62 bits per heavy atom. The molecule has 7 atom stereocenters. The summed E-state index contributed by atoms with van der Waals surface area (Å²) < 4.78 is 18.1. The number of methoxy groups -OCH3 is 1. The largest absolute Gasteiger partial charge is 0.379 e. The van der Waals surface area contributed by atoms with E-state index in [9.17, 15) is 0 Å². The average molecular weight is 296 g/mol. The number of fused-ring (bicyclic) bond motifs is 1. The fourth-order valence-corrected chi connectivity index (χ4v) is 5.53. The van der Waals surface area contributed by atoms with Crippen molar-refractivity contribution in [1.29, 1.82) is 0 Å². The van der Waals surface area contributed by atoms with Gasteiger partial charge in [0.05, 0.1) is 11.7 Å². The molecule has 1 spiro atoms. The minimum Gasteiger partial charge on any atom is -0.379 e. The van der Waals surface area contributed by atoms with Crippen LogP contribution < -0.4 is 0 Å². The summed E-state index contributed by atoms with van der Waals surface area (Å²) >= 11 is 0. The molecule has 2 saturated carbocycles. The number of hydrogen-bond donors (Lipinski definition) is 0. The topological polar surface area (TPSA) is 27.7 Å². The van der Waals surface area contributed by atoms with Gasteiger partial charge in [-0.05, 0) is 62.7 Å². The second kappa shape index (κ2) is 4.94. The molecule has 3 heteroatoms. The zero-order chi connectivity index (χ0) is 15.5. The summed E-state index contributed by atoms with van der Waals surface area (Å²) in [5.74, 6) is 1.55. The Morgan fingerprint density at radius 3 is 2.19 bits per heavy atom. The van der Waals surface area contributed by atoms with Gasteiger partial charge >= 0.3 is 0 Å². The minimum absolute atomic E-state index is 0.166. The maximum absolute atomic E-state index is 6.42. The van der Waals surface area contributed by atoms with Crippen LogP contribution in [-0.2, 0) is 14.2 Å². The van der Waals surface area contributed by atoms with E-state index in [2.05, 4.69) is 27.7 Å². The van der Waals surface area contributed by atoms with Crippen molar-refractivity contribution in [2.45, 2.75) is 77.8 Å². The first kappa shape index (κ1) is 15.8. The smallest absolute Gasteiger partial charge is 0.190 e. The van der Waals surface area contributed by atoms with E-state index >= 15 is 0 Å². The van der Waals surface area contributed by atoms with Gasteiger partial charge in [0.15, 0.2) is 5.79 Å². The van der Waals surface area contributed by atoms with Crippen LogP contribution in [0.25, 0.3) is 0 Å². The Morgan fingerprint density at radius 1 is 1.00 bits per heavy atom. The normalized spacial score (nSPS) is 56.9. The summed E-state index contributed by atoms with van der Waals surface area (Å²) in [5.41, 5.74) is 0.284. The van der Waals surface area contributed by atoms with E-state index < -0.39 is 5.79 Å². The van der Waals surface area contributed by atoms with Crippen molar-refractivity contribution in [3.05, 3.63) is 0 Å². The summed E-state index contributed by atoms with van der Waals surface area (Å²) in [7, 11) is 1.72. The van der Waals surface area contributed by atoms with Crippen molar-refractivity contribution in [2.24, 2.45) is 23.2 Å². The quantitative estimate of drug-likeness (QED) is 0.770. The maximum Gasteiger partial charge on any atom is 0.190 e. The van der Waals surface area contributed by atoms with Gasteiger partial charge < -0.3 is 14.2 Å². The van der Waals surface area contributed by atoms with E-state index in [-0.39, 0.29) is 11.7 Å². The Hall–Kier alpha value is -0.120. The second-order valence-corrected chi connectivity index (χ2v) is 8.38. The van der Waals surface area contributed by atoms with Gasteiger partial charge in [-0.1, -0.05) is 20.8 Å². The van der Waals surface area contributed by atoms with Gasteiger partial charge in [0.1, 0.15) is 6.61 Å². The lowest BCUT2D eigenvalue weighted by atomic mass is 9.56. The molecule has 21 heavy (non-hydrogen) atoms. The summed E-state index contributed by atoms with van der Waals surface area (Å²) in [6.07, 6.45) is 5.36. The first-order valence-electron chi connectivity index (χ1n) is 8.63. The van der Waals surface area contributed by atoms with Crippen LogP contribution in [0.15, 0.2) is 0 Å². The highest BCUT2D eigenvalue weighted by atomic mass is 16.8. The van der Waals surface area contributed by atoms with Crippen LogP contribution in [-0.4, -0.2) is 31.2 Å². The first-order chi connectivity index (χ1) is 9.76.